The Morgan fingerprint density at radius 2 is 1.93 bits per heavy atom. The van der Waals surface area contributed by atoms with Crippen molar-refractivity contribution in [2.24, 2.45) is 5.73 Å². The monoisotopic (exact) mass is 422 g/mol. The molecule has 0 saturated heterocycles. The lowest BCUT2D eigenvalue weighted by Crippen LogP contribution is -2.42. The number of fused-ring (bicyclic) bond motifs is 1. The average molecular weight is 422 g/mol. The second kappa shape index (κ2) is 7.44. The van der Waals surface area contributed by atoms with Gasteiger partial charge in [0.05, 0.1) is 34.4 Å². The number of nitrogens with zero attached hydrogens (tertiary/aromatic N) is 2. The van der Waals surface area contributed by atoms with Crippen molar-refractivity contribution in [1.82, 2.24) is 14.1 Å². The SMILES string of the molecule is NCc1ccn(-c2cc3c(cc2C(F)(F)F)[nH]c(=O)c(=O)n3[C@@H]2CCCC[C@@H]2O)c1. The summed E-state index contributed by atoms with van der Waals surface area (Å²) in [5.74, 6) is 0. The Morgan fingerprint density at radius 1 is 1.20 bits per heavy atom. The minimum absolute atomic E-state index is 0.111. The Balaban J connectivity index is 2.05. The summed E-state index contributed by atoms with van der Waals surface area (Å²) in [7, 11) is 0. The highest BCUT2D eigenvalue weighted by atomic mass is 19.4. The molecule has 0 aliphatic heterocycles. The number of alkyl halides is 3. The van der Waals surface area contributed by atoms with Crippen molar-refractivity contribution in [3.63, 3.8) is 0 Å². The molecule has 0 bridgehead atoms. The molecule has 2 aromatic heterocycles. The summed E-state index contributed by atoms with van der Waals surface area (Å²) in [5.41, 5.74) is 3.18. The fraction of sp³-hybridized carbons (Fsp3) is 0.400. The average Bonchev–Trinajstić information content (AvgIpc) is 3.18. The third-order valence-corrected chi connectivity index (χ3v) is 5.63. The van der Waals surface area contributed by atoms with Gasteiger partial charge in [0.2, 0.25) is 0 Å². The molecule has 4 rings (SSSR count). The second-order valence-electron chi connectivity index (χ2n) is 7.56. The Hall–Kier alpha value is -2.85. The molecule has 30 heavy (non-hydrogen) atoms. The van der Waals surface area contributed by atoms with Crippen LogP contribution in [0.25, 0.3) is 16.7 Å². The van der Waals surface area contributed by atoms with Gasteiger partial charge in [0, 0.05) is 18.9 Å². The molecule has 4 N–H and O–H groups in total. The molecule has 0 radical (unpaired) electrons. The number of hydrogen-bond acceptors (Lipinski definition) is 4. The minimum atomic E-state index is -4.70. The molecular weight excluding hydrogens is 401 g/mol. The molecule has 1 aliphatic carbocycles. The van der Waals surface area contributed by atoms with Gasteiger partial charge in [0.15, 0.2) is 0 Å². The van der Waals surface area contributed by atoms with Crippen LogP contribution in [-0.2, 0) is 12.7 Å². The number of H-pyrrole nitrogens is 1. The maximum Gasteiger partial charge on any atom is 0.418 e. The van der Waals surface area contributed by atoms with E-state index in [4.69, 9.17) is 5.73 Å². The highest BCUT2D eigenvalue weighted by Crippen LogP contribution is 2.37. The van der Waals surface area contributed by atoms with Gasteiger partial charge < -0.3 is 20.4 Å². The normalized spacial score (nSPS) is 20.0. The third kappa shape index (κ3) is 3.46. The van der Waals surface area contributed by atoms with Crippen molar-refractivity contribution in [1.29, 1.82) is 0 Å². The zero-order valence-corrected chi connectivity index (χ0v) is 15.9. The molecule has 1 aromatic carbocycles. The van der Waals surface area contributed by atoms with Gasteiger partial charge >= 0.3 is 17.3 Å². The summed E-state index contributed by atoms with van der Waals surface area (Å²) in [6, 6.07) is 3.00. The van der Waals surface area contributed by atoms with Crippen molar-refractivity contribution < 1.29 is 18.3 Å². The second-order valence-corrected chi connectivity index (χ2v) is 7.56. The Bertz CT molecular complexity index is 1210. The molecule has 10 heteroatoms. The van der Waals surface area contributed by atoms with Gasteiger partial charge in [-0.3, -0.25) is 14.2 Å². The lowest BCUT2D eigenvalue weighted by molar-refractivity contribution is -0.137. The topological polar surface area (TPSA) is 106 Å². The van der Waals surface area contributed by atoms with Crippen LogP contribution in [0.15, 0.2) is 40.2 Å². The van der Waals surface area contributed by atoms with Crippen molar-refractivity contribution in [2.45, 2.75) is 50.6 Å². The Kier molecular flexibility index (Phi) is 5.07. The van der Waals surface area contributed by atoms with E-state index in [-0.39, 0.29) is 23.3 Å². The highest BCUT2D eigenvalue weighted by Gasteiger charge is 2.36. The van der Waals surface area contributed by atoms with Gasteiger partial charge in [-0.1, -0.05) is 12.8 Å². The molecule has 0 unspecified atom stereocenters. The lowest BCUT2D eigenvalue weighted by atomic mass is 9.92. The van der Waals surface area contributed by atoms with E-state index in [2.05, 4.69) is 4.98 Å². The number of benzene rings is 1. The van der Waals surface area contributed by atoms with Crippen molar-refractivity contribution in [3.8, 4) is 5.69 Å². The van der Waals surface area contributed by atoms with Gasteiger partial charge in [-0.25, -0.2) is 0 Å². The van der Waals surface area contributed by atoms with Gasteiger partial charge in [-0.15, -0.1) is 0 Å². The van der Waals surface area contributed by atoms with Crippen LogP contribution in [0.4, 0.5) is 13.2 Å². The van der Waals surface area contributed by atoms with Crippen LogP contribution in [-0.4, -0.2) is 25.3 Å². The Morgan fingerprint density at radius 3 is 2.57 bits per heavy atom. The summed E-state index contributed by atoms with van der Waals surface area (Å²) in [6.45, 7) is 0.161. The lowest BCUT2D eigenvalue weighted by Gasteiger charge is -2.30. The maximum absolute atomic E-state index is 13.8. The summed E-state index contributed by atoms with van der Waals surface area (Å²) < 4.78 is 43.9. The standard InChI is InChI=1S/C20H21F3N4O3/c21-20(22,23)12-7-13-16(8-15(12)26-6-5-11(9-24)10-26)27(19(30)18(29)25-13)14-3-1-2-4-17(14)28/h5-8,10,14,17,28H,1-4,9,24H2,(H,25,29)/t14-,17+/m1/s1. The summed E-state index contributed by atoms with van der Waals surface area (Å²) >= 11 is 0. The van der Waals surface area contributed by atoms with E-state index < -0.39 is 35.0 Å². The molecule has 1 saturated carbocycles. The minimum Gasteiger partial charge on any atom is -0.391 e. The fourth-order valence-corrected chi connectivity index (χ4v) is 4.15. The van der Waals surface area contributed by atoms with Gasteiger partial charge in [0.1, 0.15) is 0 Å². The van der Waals surface area contributed by atoms with E-state index in [0.717, 1.165) is 23.5 Å². The predicted molar refractivity (Wildman–Crippen MR) is 105 cm³/mol. The first kappa shape index (κ1) is 20.4. The van der Waals surface area contributed by atoms with Crippen LogP contribution in [0.3, 0.4) is 0 Å². The summed E-state index contributed by atoms with van der Waals surface area (Å²) in [4.78, 5) is 27.1. The quantitative estimate of drug-likeness (QED) is 0.564. The number of nitrogens with two attached hydrogens (primary N) is 1. The highest BCUT2D eigenvalue weighted by molar-refractivity contribution is 5.79. The molecule has 3 aromatic rings. The van der Waals surface area contributed by atoms with E-state index in [0.29, 0.717) is 18.4 Å². The molecule has 1 fully saturated rings. The first-order valence-electron chi connectivity index (χ1n) is 9.66. The molecule has 7 nitrogen and oxygen atoms in total. The number of halogens is 3. The molecule has 0 amide bonds. The first-order chi connectivity index (χ1) is 14.2. The van der Waals surface area contributed by atoms with E-state index >= 15 is 0 Å². The van der Waals surface area contributed by atoms with E-state index in [1.54, 1.807) is 6.07 Å². The number of aromatic amines is 1. The summed E-state index contributed by atoms with van der Waals surface area (Å²) in [5, 5.41) is 10.4. The van der Waals surface area contributed by atoms with Crippen LogP contribution in [0, 0.1) is 0 Å². The predicted octanol–water partition coefficient (Wildman–Crippen LogP) is 2.43. The van der Waals surface area contributed by atoms with E-state index in [9.17, 15) is 27.9 Å². The van der Waals surface area contributed by atoms with Crippen LogP contribution < -0.4 is 16.9 Å². The van der Waals surface area contributed by atoms with Crippen LogP contribution in [0.1, 0.15) is 42.9 Å². The number of rotatable bonds is 3. The van der Waals surface area contributed by atoms with Crippen molar-refractivity contribution >= 4 is 11.0 Å². The van der Waals surface area contributed by atoms with Crippen LogP contribution >= 0.6 is 0 Å². The molecule has 2 atom stereocenters. The molecule has 0 spiro atoms. The van der Waals surface area contributed by atoms with Crippen LogP contribution in [0.2, 0.25) is 0 Å². The van der Waals surface area contributed by atoms with Gasteiger partial charge in [-0.05, 0) is 36.6 Å². The zero-order valence-electron chi connectivity index (χ0n) is 15.9. The van der Waals surface area contributed by atoms with Crippen LogP contribution in [0.5, 0.6) is 0 Å². The largest absolute Gasteiger partial charge is 0.418 e. The molecule has 1 aliphatic rings. The van der Waals surface area contributed by atoms with E-state index in [1.165, 1.54) is 23.0 Å². The number of aliphatic hydroxyl groups excluding tert-OH is 1. The molecule has 2 heterocycles. The Labute approximate surface area is 168 Å². The van der Waals surface area contributed by atoms with Crippen molar-refractivity contribution in [3.05, 3.63) is 62.4 Å². The maximum atomic E-state index is 13.8. The van der Waals surface area contributed by atoms with Gasteiger partial charge in [0.25, 0.3) is 0 Å². The van der Waals surface area contributed by atoms with Crippen molar-refractivity contribution in [2.75, 3.05) is 0 Å². The molecule has 160 valence electrons. The number of nitrogens with one attached hydrogen (secondary N) is 1. The fourth-order valence-electron chi connectivity index (χ4n) is 4.15. The summed E-state index contributed by atoms with van der Waals surface area (Å²) in [6.07, 6.45) is -0.174. The van der Waals surface area contributed by atoms with E-state index in [1.807, 2.05) is 0 Å². The molecular formula is C20H21F3N4O3. The first-order valence-corrected chi connectivity index (χ1v) is 9.66. The smallest absolute Gasteiger partial charge is 0.391 e. The number of aromatic nitrogens is 3. The van der Waals surface area contributed by atoms with Gasteiger partial charge in [-0.2, -0.15) is 13.2 Å². The third-order valence-electron chi connectivity index (χ3n) is 5.63. The zero-order chi connectivity index (χ0) is 21.6. The number of hydrogen-bond donors (Lipinski definition) is 3. The number of aliphatic hydroxyl groups is 1.